The molecular formula is C22H24N2O4. The lowest BCUT2D eigenvalue weighted by atomic mass is 10.1. The second-order valence-electron chi connectivity index (χ2n) is 6.65. The van der Waals surface area contributed by atoms with Crippen LogP contribution in [0.15, 0.2) is 48.5 Å². The maximum Gasteiger partial charge on any atom is 0.248 e. The van der Waals surface area contributed by atoms with Crippen LogP contribution < -0.4 is 20.1 Å². The molecular weight excluding hydrogens is 356 g/mol. The third-order valence-corrected chi connectivity index (χ3v) is 4.36. The Bertz CT molecular complexity index is 871. The summed E-state index contributed by atoms with van der Waals surface area (Å²) in [7, 11) is 3.14. The molecule has 0 aliphatic heterocycles. The lowest BCUT2D eigenvalue weighted by Gasteiger charge is -2.07. The molecule has 1 saturated carbocycles. The number of hydrogen-bond acceptors (Lipinski definition) is 4. The van der Waals surface area contributed by atoms with Gasteiger partial charge in [0.15, 0.2) is 11.5 Å². The van der Waals surface area contributed by atoms with Crippen LogP contribution in [0.3, 0.4) is 0 Å². The Balaban J connectivity index is 1.54. The highest BCUT2D eigenvalue weighted by atomic mass is 16.5. The molecule has 0 saturated heterocycles. The number of carbonyl (C=O) groups is 2. The minimum atomic E-state index is -0.242. The Hall–Kier alpha value is -3.28. The van der Waals surface area contributed by atoms with Gasteiger partial charge in [0.1, 0.15) is 0 Å². The first-order valence-electron chi connectivity index (χ1n) is 9.17. The van der Waals surface area contributed by atoms with Gasteiger partial charge in [-0.3, -0.25) is 9.59 Å². The van der Waals surface area contributed by atoms with E-state index in [0.29, 0.717) is 29.6 Å². The van der Waals surface area contributed by atoms with E-state index in [1.165, 1.54) is 6.08 Å². The zero-order chi connectivity index (χ0) is 19.9. The highest BCUT2D eigenvalue weighted by Crippen LogP contribution is 2.28. The molecule has 2 amide bonds. The molecule has 0 aromatic heterocycles. The van der Waals surface area contributed by atoms with Crippen LogP contribution in [0.1, 0.15) is 24.0 Å². The lowest BCUT2D eigenvalue weighted by Crippen LogP contribution is -2.26. The van der Waals surface area contributed by atoms with Crippen molar-refractivity contribution in [2.24, 2.45) is 0 Å². The molecule has 146 valence electrons. The lowest BCUT2D eigenvalue weighted by molar-refractivity contribution is -0.120. The molecule has 1 fully saturated rings. The average Bonchev–Trinajstić information content (AvgIpc) is 3.51. The topological polar surface area (TPSA) is 76.7 Å². The predicted octanol–water partition coefficient (Wildman–Crippen LogP) is 3.18. The predicted molar refractivity (Wildman–Crippen MR) is 109 cm³/mol. The number of carbonyl (C=O) groups excluding carboxylic acids is 2. The summed E-state index contributed by atoms with van der Waals surface area (Å²) >= 11 is 0. The van der Waals surface area contributed by atoms with E-state index in [-0.39, 0.29) is 11.8 Å². The summed E-state index contributed by atoms with van der Waals surface area (Å²) < 4.78 is 10.5. The van der Waals surface area contributed by atoms with Crippen LogP contribution >= 0.6 is 0 Å². The van der Waals surface area contributed by atoms with E-state index >= 15 is 0 Å². The SMILES string of the molecule is COc1ccc(/C=C/C(=O)Nc2ccc(CC(=O)NC3CC3)cc2)cc1OC. The summed E-state index contributed by atoms with van der Waals surface area (Å²) in [5, 5.41) is 5.77. The molecule has 1 aliphatic rings. The molecule has 28 heavy (non-hydrogen) atoms. The number of amides is 2. The van der Waals surface area contributed by atoms with Crippen LogP contribution in [-0.4, -0.2) is 32.1 Å². The number of anilines is 1. The fourth-order valence-corrected chi connectivity index (χ4v) is 2.71. The first-order valence-corrected chi connectivity index (χ1v) is 9.17. The first kappa shape index (κ1) is 19.5. The molecule has 0 bridgehead atoms. The van der Waals surface area contributed by atoms with Gasteiger partial charge in [-0.25, -0.2) is 0 Å². The Morgan fingerprint density at radius 1 is 1.04 bits per heavy atom. The molecule has 6 heteroatoms. The summed E-state index contributed by atoms with van der Waals surface area (Å²) in [5.41, 5.74) is 2.41. The number of methoxy groups -OCH3 is 2. The van der Waals surface area contributed by atoms with E-state index in [1.807, 2.05) is 18.2 Å². The fraction of sp³-hybridized carbons (Fsp3) is 0.273. The number of hydrogen-bond donors (Lipinski definition) is 2. The summed E-state index contributed by atoms with van der Waals surface area (Å²) in [6.07, 6.45) is 5.66. The normalized spacial score (nSPS) is 13.2. The van der Waals surface area contributed by atoms with Crippen molar-refractivity contribution in [2.75, 3.05) is 19.5 Å². The highest BCUT2D eigenvalue weighted by Gasteiger charge is 2.22. The third-order valence-electron chi connectivity index (χ3n) is 4.36. The largest absolute Gasteiger partial charge is 0.493 e. The molecule has 3 rings (SSSR count). The minimum absolute atomic E-state index is 0.0390. The van der Waals surface area contributed by atoms with Crippen LogP contribution in [-0.2, 0) is 16.0 Å². The van der Waals surface area contributed by atoms with E-state index in [9.17, 15) is 9.59 Å². The quantitative estimate of drug-likeness (QED) is 0.690. The van der Waals surface area contributed by atoms with Crippen LogP contribution in [0, 0.1) is 0 Å². The average molecular weight is 380 g/mol. The van der Waals surface area contributed by atoms with Crippen LogP contribution in [0.2, 0.25) is 0 Å². The Morgan fingerprint density at radius 3 is 2.39 bits per heavy atom. The molecule has 6 nitrogen and oxygen atoms in total. The Kier molecular flexibility index (Phi) is 6.32. The number of ether oxygens (including phenoxy) is 2. The van der Waals surface area contributed by atoms with Crippen LogP contribution in [0.5, 0.6) is 11.5 Å². The van der Waals surface area contributed by atoms with Crippen molar-refractivity contribution in [1.29, 1.82) is 0 Å². The van der Waals surface area contributed by atoms with Gasteiger partial charge in [0.05, 0.1) is 20.6 Å². The zero-order valence-corrected chi connectivity index (χ0v) is 16.0. The molecule has 0 spiro atoms. The van der Waals surface area contributed by atoms with E-state index in [1.54, 1.807) is 44.6 Å². The van der Waals surface area contributed by atoms with Gasteiger partial charge in [-0.2, -0.15) is 0 Å². The summed E-state index contributed by atoms with van der Waals surface area (Å²) in [6.45, 7) is 0. The molecule has 2 aromatic carbocycles. The number of rotatable bonds is 8. The molecule has 2 aromatic rings. The van der Waals surface area contributed by atoms with E-state index in [0.717, 1.165) is 24.0 Å². The number of benzene rings is 2. The van der Waals surface area contributed by atoms with Crippen LogP contribution in [0.4, 0.5) is 5.69 Å². The zero-order valence-electron chi connectivity index (χ0n) is 16.0. The highest BCUT2D eigenvalue weighted by molar-refractivity contribution is 6.02. The van der Waals surface area contributed by atoms with Gasteiger partial charge in [-0.05, 0) is 54.3 Å². The van der Waals surface area contributed by atoms with Gasteiger partial charge in [0.2, 0.25) is 11.8 Å². The van der Waals surface area contributed by atoms with E-state index in [2.05, 4.69) is 10.6 Å². The van der Waals surface area contributed by atoms with Gasteiger partial charge in [-0.1, -0.05) is 18.2 Å². The smallest absolute Gasteiger partial charge is 0.248 e. The van der Waals surface area contributed by atoms with Crippen molar-refractivity contribution >= 4 is 23.6 Å². The molecule has 0 unspecified atom stereocenters. The molecule has 2 N–H and O–H groups in total. The molecule has 0 radical (unpaired) electrons. The van der Waals surface area contributed by atoms with Gasteiger partial charge in [0, 0.05) is 17.8 Å². The first-order chi connectivity index (χ1) is 13.6. The van der Waals surface area contributed by atoms with Crippen molar-refractivity contribution in [3.8, 4) is 11.5 Å². The second kappa shape index (κ2) is 9.08. The Labute approximate surface area is 164 Å². The van der Waals surface area contributed by atoms with E-state index in [4.69, 9.17) is 9.47 Å². The van der Waals surface area contributed by atoms with Crippen molar-refractivity contribution in [1.82, 2.24) is 5.32 Å². The molecule has 0 heterocycles. The minimum Gasteiger partial charge on any atom is -0.493 e. The summed E-state index contributed by atoms with van der Waals surface area (Å²) in [4.78, 5) is 24.0. The monoisotopic (exact) mass is 380 g/mol. The summed E-state index contributed by atoms with van der Waals surface area (Å²) in [6, 6.07) is 13.1. The van der Waals surface area contributed by atoms with Crippen molar-refractivity contribution in [2.45, 2.75) is 25.3 Å². The van der Waals surface area contributed by atoms with Gasteiger partial charge in [0.25, 0.3) is 0 Å². The fourth-order valence-electron chi connectivity index (χ4n) is 2.71. The van der Waals surface area contributed by atoms with Gasteiger partial charge >= 0.3 is 0 Å². The van der Waals surface area contributed by atoms with Crippen LogP contribution in [0.25, 0.3) is 6.08 Å². The standard InChI is InChI=1S/C22H24N2O4/c1-27-19-11-5-15(13-20(19)28-2)6-12-21(25)23-17-7-3-16(4-8-17)14-22(26)24-18-9-10-18/h3-8,11-13,18H,9-10,14H2,1-2H3,(H,23,25)(H,24,26)/b12-6+. The summed E-state index contributed by atoms with van der Waals surface area (Å²) in [5.74, 6) is 1.03. The van der Waals surface area contributed by atoms with Crippen molar-refractivity contribution in [3.05, 3.63) is 59.7 Å². The van der Waals surface area contributed by atoms with Crippen molar-refractivity contribution in [3.63, 3.8) is 0 Å². The Morgan fingerprint density at radius 2 is 1.75 bits per heavy atom. The third kappa shape index (κ3) is 5.61. The maximum atomic E-state index is 12.1. The second-order valence-corrected chi connectivity index (χ2v) is 6.65. The molecule has 1 aliphatic carbocycles. The van der Waals surface area contributed by atoms with Gasteiger partial charge in [-0.15, -0.1) is 0 Å². The number of nitrogens with one attached hydrogen (secondary N) is 2. The van der Waals surface area contributed by atoms with E-state index < -0.39 is 0 Å². The van der Waals surface area contributed by atoms with Crippen molar-refractivity contribution < 1.29 is 19.1 Å². The maximum absolute atomic E-state index is 12.1. The van der Waals surface area contributed by atoms with Gasteiger partial charge < -0.3 is 20.1 Å². The molecule has 0 atom stereocenters.